The molecule has 0 bridgehead atoms. The zero-order valence-electron chi connectivity index (χ0n) is 15.5. The molecule has 0 aromatic heterocycles. The van der Waals surface area contributed by atoms with E-state index < -0.39 is 24.0 Å². The molecule has 3 N–H and O–H groups in total. The second-order valence-electron chi connectivity index (χ2n) is 7.52. The van der Waals surface area contributed by atoms with Gasteiger partial charge in [0.05, 0.1) is 6.10 Å². The van der Waals surface area contributed by atoms with E-state index in [1.165, 1.54) is 0 Å². The lowest BCUT2D eigenvalue weighted by Crippen LogP contribution is -2.54. The Labute approximate surface area is 145 Å². The average Bonchev–Trinajstić information content (AvgIpc) is 2.48. The number of aliphatic hydroxyl groups is 1. The number of amides is 1. The molecular weight excluding hydrogens is 304 g/mol. The maximum atomic E-state index is 12.0. The molecule has 0 fully saturated rings. The highest BCUT2D eigenvalue weighted by Crippen LogP contribution is 2.10. The minimum atomic E-state index is -0.698. The summed E-state index contributed by atoms with van der Waals surface area (Å²) in [7, 11) is 0. The van der Waals surface area contributed by atoms with Crippen molar-refractivity contribution in [3.63, 3.8) is 0 Å². The van der Waals surface area contributed by atoms with E-state index in [0.29, 0.717) is 18.9 Å². The first-order chi connectivity index (χ1) is 11.2. The van der Waals surface area contributed by atoms with E-state index in [4.69, 9.17) is 4.74 Å². The summed E-state index contributed by atoms with van der Waals surface area (Å²) in [6.07, 6.45) is -0.460. The second kappa shape index (κ2) is 9.64. The maximum absolute atomic E-state index is 12.0. The predicted molar refractivity (Wildman–Crippen MR) is 96.8 cm³/mol. The van der Waals surface area contributed by atoms with Gasteiger partial charge in [0.15, 0.2) is 0 Å². The SMILES string of the molecule is CC(C)CNC(NC(=O)OC(C)(C)C)C(O)CCc1ccccc1. The van der Waals surface area contributed by atoms with Crippen LogP contribution in [-0.2, 0) is 11.2 Å². The number of carbonyl (C=O) groups excluding carboxylic acids is 1. The molecule has 1 aromatic carbocycles. The number of nitrogens with one attached hydrogen (secondary N) is 2. The molecule has 0 radical (unpaired) electrons. The summed E-state index contributed by atoms with van der Waals surface area (Å²) in [4.78, 5) is 12.0. The Kier molecular flexibility index (Phi) is 8.22. The summed E-state index contributed by atoms with van der Waals surface area (Å²) in [5.41, 5.74) is 0.596. The minimum absolute atomic E-state index is 0.411. The Morgan fingerprint density at radius 3 is 2.38 bits per heavy atom. The van der Waals surface area contributed by atoms with Gasteiger partial charge in [0.25, 0.3) is 0 Å². The number of hydrogen-bond donors (Lipinski definition) is 3. The molecule has 0 spiro atoms. The molecule has 0 aliphatic carbocycles. The number of aryl methyl sites for hydroxylation is 1. The van der Waals surface area contributed by atoms with Crippen molar-refractivity contribution < 1.29 is 14.6 Å². The van der Waals surface area contributed by atoms with E-state index in [0.717, 1.165) is 12.0 Å². The van der Waals surface area contributed by atoms with Crippen LogP contribution in [0.5, 0.6) is 0 Å². The number of ether oxygens (including phenoxy) is 1. The average molecular weight is 336 g/mol. The Morgan fingerprint density at radius 2 is 1.83 bits per heavy atom. The van der Waals surface area contributed by atoms with Crippen LogP contribution in [0.25, 0.3) is 0 Å². The highest BCUT2D eigenvalue weighted by atomic mass is 16.6. The lowest BCUT2D eigenvalue weighted by Gasteiger charge is -2.28. The van der Waals surface area contributed by atoms with Crippen LogP contribution in [0.3, 0.4) is 0 Å². The van der Waals surface area contributed by atoms with Crippen LogP contribution in [0.1, 0.15) is 46.6 Å². The third-order valence-electron chi connectivity index (χ3n) is 3.37. The van der Waals surface area contributed by atoms with Gasteiger partial charge in [0.2, 0.25) is 0 Å². The van der Waals surface area contributed by atoms with E-state index in [9.17, 15) is 9.90 Å². The first-order valence-electron chi connectivity index (χ1n) is 8.62. The van der Waals surface area contributed by atoms with Crippen LogP contribution in [0.15, 0.2) is 30.3 Å². The van der Waals surface area contributed by atoms with Crippen LogP contribution >= 0.6 is 0 Å². The monoisotopic (exact) mass is 336 g/mol. The van der Waals surface area contributed by atoms with Crippen molar-refractivity contribution in [2.45, 2.75) is 65.3 Å². The number of rotatable bonds is 8. The standard InChI is InChI=1S/C19H32N2O3/c1-14(2)13-20-17(21-18(23)24-19(3,4)5)16(22)12-11-15-9-7-6-8-10-15/h6-10,14,16-17,20,22H,11-13H2,1-5H3,(H,21,23). The normalized spacial score (nSPS) is 14.3. The van der Waals surface area contributed by atoms with E-state index in [-0.39, 0.29) is 0 Å². The Bertz CT molecular complexity index is 483. The van der Waals surface area contributed by atoms with Gasteiger partial charge in [-0.2, -0.15) is 0 Å². The smallest absolute Gasteiger partial charge is 0.408 e. The van der Waals surface area contributed by atoms with Gasteiger partial charge in [-0.3, -0.25) is 5.32 Å². The predicted octanol–water partition coefficient (Wildman–Crippen LogP) is 3.08. The molecule has 0 heterocycles. The second-order valence-corrected chi connectivity index (χ2v) is 7.52. The topological polar surface area (TPSA) is 70.6 Å². The maximum Gasteiger partial charge on any atom is 0.408 e. The molecule has 136 valence electrons. The third-order valence-corrected chi connectivity index (χ3v) is 3.37. The fraction of sp³-hybridized carbons (Fsp3) is 0.632. The van der Waals surface area contributed by atoms with E-state index in [2.05, 4.69) is 24.5 Å². The van der Waals surface area contributed by atoms with E-state index in [1.807, 2.05) is 51.1 Å². The van der Waals surface area contributed by atoms with Crippen LogP contribution in [0.2, 0.25) is 0 Å². The van der Waals surface area contributed by atoms with Gasteiger partial charge in [-0.15, -0.1) is 0 Å². The largest absolute Gasteiger partial charge is 0.444 e. The molecule has 5 heteroatoms. The molecule has 5 nitrogen and oxygen atoms in total. The van der Waals surface area contributed by atoms with Gasteiger partial charge in [0.1, 0.15) is 11.8 Å². The Morgan fingerprint density at radius 1 is 1.21 bits per heavy atom. The Balaban J connectivity index is 2.60. The van der Waals surface area contributed by atoms with Crippen molar-refractivity contribution in [3.8, 4) is 0 Å². The van der Waals surface area contributed by atoms with Gasteiger partial charge in [-0.25, -0.2) is 4.79 Å². The van der Waals surface area contributed by atoms with Crippen molar-refractivity contribution in [1.82, 2.24) is 10.6 Å². The summed E-state index contributed by atoms with van der Waals surface area (Å²) < 4.78 is 5.29. The van der Waals surface area contributed by atoms with Gasteiger partial charge in [-0.05, 0) is 51.6 Å². The number of alkyl carbamates (subject to hydrolysis) is 1. The minimum Gasteiger partial charge on any atom is -0.444 e. The van der Waals surface area contributed by atoms with Crippen molar-refractivity contribution in [3.05, 3.63) is 35.9 Å². The van der Waals surface area contributed by atoms with Crippen molar-refractivity contribution in [2.24, 2.45) is 5.92 Å². The highest BCUT2D eigenvalue weighted by molar-refractivity contribution is 5.68. The van der Waals surface area contributed by atoms with Gasteiger partial charge in [-0.1, -0.05) is 44.2 Å². The third kappa shape index (κ3) is 8.89. The molecule has 0 saturated heterocycles. The highest BCUT2D eigenvalue weighted by Gasteiger charge is 2.24. The molecule has 0 aliphatic rings. The molecule has 1 amide bonds. The first-order valence-corrected chi connectivity index (χ1v) is 8.62. The van der Waals surface area contributed by atoms with E-state index >= 15 is 0 Å². The number of hydrogen-bond acceptors (Lipinski definition) is 4. The lowest BCUT2D eigenvalue weighted by molar-refractivity contribution is 0.0374. The van der Waals surface area contributed by atoms with Crippen molar-refractivity contribution >= 4 is 6.09 Å². The molecule has 24 heavy (non-hydrogen) atoms. The first kappa shape index (κ1) is 20.5. The summed E-state index contributed by atoms with van der Waals surface area (Å²) in [6, 6.07) is 10.00. The molecule has 0 saturated carbocycles. The molecule has 1 rings (SSSR count). The number of benzene rings is 1. The summed E-state index contributed by atoms with van der Waals surface area (Å²) in [5.74, 6) is 0.411. The number of carbonyl (C=O) groups is 1. The zero-order chi connectivity index (χ0) is 18.2. The quantitative estimate of drug-likeness (QED) is 0.638. The molecule has 0 aliphatic heterocycles. The fourth-order valence-electron chi connectivity index (χ4n) is 2.21. The molecule has 2 atom stereocenters. The zero-order valence-corrected chi connectivity index (χ0v) is 15.5. The van der Waals surface area contributed by atoms with Crippen LogP contribution in [0, 0.1) is 5.92 Å². The van der Waals surface area contributed by atoms with Gasteiger partial charge >= 0.3 is 6.09 Å². The lowest BCUT2D eigenvalue weighted by atomic mass is 10.0. The molecular formula is C19H32N2O3. The molecule has 1 aromatic rings. The van der Waals surface area contributed by atoms with Crippen LogP contribution in [-0.4, -0.2) is 35.6 Å². The summed E-state index contributed by atoms with van der Waals surface area (Å²) in [5, 5.41) is 16.5. The van der Waals surface area contributed by atoms with Crippen LogP contribution in [0.4, 0.5) is 4.79 Å². The number of aliphatic hydroxyl groups excluding tert-OH is 1. The van der Waals surface area contributed by atoms with Gasteiger partial charge in [0, 0.05) is 0 Å². The van der Waals surface area contributed by atoms with Crippen LogP contribution < -0.4 is 10.6 Å². The summed E-state index contributed by atoms with van der Waals surface area (Å²) in [6.45, 7) is 10.3. The van der Waals surface area contributed by atoms with Crippen molar-refractivity contribution in [2.75, 3.05) is 6.54 Å². The van der Waals surface area contributed by atoms with E-state index in [1.54, 1.807) is 0 Å². The Hall–Kier alpha value is -1.59. The van der Waals surface area contributed by atoms with Crippen molar-refractivity contribution in [1.29, 1.82) is 0 Å². The molecule has 2 unspecified atom stereocenters. The van der Waals surface area contributed by atoms with Gasteiger partial charge < -0.3 is 15.2 Å². The fourth-order valence-corrected chi connectivity index (χ4v) is 2.21. The summed E-state index contributed by atoms with van der Waals surface area (Å²) >= 11 is 0.